The van der Waals surface area contributed by atoms with Gasteiger partial charge in [0.1, 0.15) is 6.04 Å². The average molecular weight is 366 g/mol. The van der Waals surface area contributed by atoms with Gasteiger partial charge in [-0.25, -0.2) is 9.59 Å². The van der Waals surface area contributed by atoms with Gasteiger partial charge >= 0.3 is 12.0 Å². The predicted octanol–water partition coefficient (Wildman–Crippen LogP) is 2.71. The summed E-state index contributed by atoms with van der Waals surface area (Å²) in [5.74, 6) is -1.12. The zero-order valence-corrected chi connectivity index (χ0v) is 13.0. The van der Waals surface area contributed by atoms with Crippen molar-refractivity contribution in [2.75, 3.05) is 19.0 Å². The zero-order valence-electron chi connectivity index (χ0n) is 10.7. The number of hydrogen-bond acceptors (Lipinski definition) is 3. The normalized spacial score (nSPS) is 11.8. The van der Waals surface area contributed by atoms with E-state index < -0.39 is 18.0 Å². The van der Waals surface area contributed by atoms with E-state index in [1.54, 1.807) is 18.2 Å². The largest absolute Gasteiger partial charge is 0.480 e. The number of rotatable bonds is 6. The Kier molecular flexibility index (Phi) is 6.77. The summed E-state index contributed by atoms with van der Waals surface area (Å²) in [5, 5.41) is 14.3. The quantitative estimate of drug-likeness (QED) is 0.723. The second-order valence-electron chi connectivity index (χ2n) is 3.89. The van der Waals surface area contributed by atoms with Crippen molar-refractivity contribution in [1.82, 2.24) is 5.32 Å². The number of halogens is 2. The highest BCUT2D eigenvalue weighted by molar-refractivity contribution is 9.10. The molecule has 1 aromatic rings. The number of hydrogen-bond donors (Lipinski definition) is 3. The Labute approximate surface area is 129 Å². The number of carbonyl (C=O) groups is 2. The molecule has 20 heavy (non-hydrogen) atoms. The lowest BCUT2D eigenvalue weighted by molar-refractivity contribution is -0.139. The van der Waals surface area contributed by atoms with Gasteiger partial charge in [-0.05, 0) is 34.1 Å². The molecule has 0 aliphatic carbocycles. The maximum Gasteiger partial charge on any atom is 0.326 e. The maximum atomic E-state index is 11.8. The number of aliphatic carboxylic acids is 1. The van der Waals surface area contributed by atoms with Crippen molar-refractivity contribution < 1.29 is 19.4 Å². The highest BCUT2D eigenvalue weighted by atomic mass is 79.9. The molecule has 1 rings (SSSR count). The molecule has 2 amide bonds. The van der Waals surface area contributed by atoms with Gasteiger partial charge in [0.25, 0.3) is 0 Å². The van der Waals surface area contributed by atoms with Crippen molar-refractivity contribution in [3.8, 4) is 0 Å². The molecule has 1 atom stereocenters. The van der Waals surface area contributed by atoms with E-state index in [0.29, 0.717) is 15.2 Å². The molecule has 0 aliphatic heterocycles. The van der Waals surface area contributed by atoms with Gasteiger partial charge in [0.2, 0.25) is 0 Å². The standard InChI is InChI=1S/C12H14BrClN2O4/c1-20-5-4-9(11(17)18)15-12(19)16-10-6-7(14)2-3-8(10)13/h2-3,6,9H,4-5H2,1H3,(H,17,18)(H2,15,16,19). The van der Waals surface area contributed by atoms with Gasteiger partial charge in [0.15, 0.2) is 0 Å². The van der Waals surface area contributed by atoms with Crippen LogP contribution in [-0.4, -0.2) is 36.9 Å². The van der Waals surface area contributed by atoms with Gasteiger partial charge in [-0.15, -0.1) is 0 Å². The summed E-state index contributed by atoms with van der Waals surface area (Å²) >= 11 is 9.08. The van der Waals surface area contributed by atoms with Gasteiger partial charge in [-0.3, -0.25) is 0 Å². The molecule has 0 saturated carbocycles. The van der Waals surface area contributed by atoms with Crippen molar-refractivity contribution in [2.45, 2.75) is 12.5 Å². The Balaban J connectivity index is 2.65. The Hall–Kier alpha value is -1.31. The molecule has 0 saturated heterocycles. The molecular formula is C12H14BrClN2O4. The zero-order chi connectivity index (χ0) is 15.1. The van der Waals surface area contributed by atoms with E-state index in [9.17, 15) is 9.59 Å². The SMILES string of the molecule is COCCC(NC(=O)Nc1cc(Cl)ccc1Br)C(=O)O. The number of nitrogens with one attached hydrogen (secondary N) is 2. The van der Waals surface area contributed by atoms with Gasteiger partial charge in [-0.1, -0.05) is 11.6 Å². The lowest BCUT2D eigenvalue weighted by Crippen LogP contribution is -2.43. The van der Waals surface area contributed by atoms with Gasteiger partial charge in [-0.2, -0.15) is 0 Å². The molecule has 1 unspecified atom stereocenters. The fourth-order valence-corrected chi connectivity index (χ4v) is 1.92. The second-order valence-corrected chi connectivity index (χ2v) is 5.19. The average Bonchev–Trinajstić information content (AvgIpc) is 2.38. The van der Waals surface area contributed by atoms with E-state index in [1.807, 2.05) is 0 Å². The summed E-state index contributed by atoms with van der Waals surface area (Å²) in [4.78, 5) is 22.7. The molecule has 8 heteroatoms. The van der Waals surface area contributed by atoms with Crippen molar-refractivity contribution in [2.24, 2.45) is 0 Å². The van der Waals surface area contributed by atoms with Crippen LogP contribution in [0, 0.1) is 0 Å². The first-order chi connectivity index (χ1) is 9.43. The summed E-state index contributed by atoms with van der Waals surface area (Å²) in [5.41, 5.74) is 0.450. The van der Waals surface area contributed by atoms with Crippen LogP contribution in [0.2, 0.25) is 5.02 Å². The minimum absolute atomic E-state index is 0.177. The maximum absolute atomic E-state index is 11.8. The van der Waals surface area contributed by atoms with Gasteiger partial charge < -0.3 is 20.5 Å². The van der Waals surface area contributed by atoms with Gasteiger partial charge in [0.05, 0.1) is 5.69 Å². The molecule has 0 aliphatic rings. The van der Waals surface area contributed by atoms with Crippen molar-refractivity contribution in [1.29, 1.82) is 0 Å². The fraction of sp³-hybridized carbons (Fsp3) is 0.333. The van der Waals surface area contributed by atoms with Crippen LogP contribution >= 0.6 is 27.5 Å². The molecule has 0 spiro atoms. The highest BCUT2D eigenvalue weighted by Crippen LogP contribution is 2.25. The van der Waals surface area contributed by atoms with E-state index in [2.05, 4.69) is 26.6 Å². The molecule has 1 aromatic carbocycles. The fourth-order valence-electron chi connectivity index (χ4n) is 1.40. The number of carboxylic acids is 1. The van der Waals surface area contributed by atoms with Crippen LogP contribution in [0.15, 0.2) is 22.7 Å². The van der Waals surface area contributed by atoms with E-state index in [0.717, 1.165) is 0 Å². The Bertz CT molecular complexity index is 498. The molecule has 0 radical (unpaired) electrons. The highest BCUT2D eigenvalue weighted by Gasteiger charge is 2.19. The van der Waals surface area contributed by atoms with Crippen molar-refractivity contribution in [3.63, 3.8) is 0 Å². The molecular weight excluding hydrogens is 351 g/mol. The molecule has 0 fully saturated rings. The third-order valence-corrected chi connectivity index (χ3v) is 3.32. The number of carboxylic acid groups (broad SMARTS) is 1. The van der Waals surface area contributed by atoms with Crippen LogP contribution in [0.25, 0.3) is 0 Å². The third-order valence-electron chi connectivity index (χ3n) is 2.39. The number of methoxy groups -OCH3 is 1. The number of amides is 2. The first kappa shape index (κ1) is 16.7. The van der Waals surface area contributed by atoms with E-state index in [4.69, 9.17) is 21.4 Å². The van der Waals surface area contributed by atoms with Crippen LogP contribution < -0.4 is 10.6 Å². The van der Waals surface area contributed by atoms with Crippen LogP contribution in [0.5, 0.6) is 0 Å². The number of carbonyl (C=O) groups excluding carboxylic acids is 1. The summed E-state index contributed by atoms with van der Waals surface area (Å²) in [6.45, 7) is 0.234. The van der Waals surface area contributed by atoms with E-state index >= 15 is 0 Å². The monoisotopic (exact) mass is 364 g/mol. The smallest absolute Gasteiger partial charge is 0.326 e. The summed E-state index contributed by atoms with van der Waals surface area (Å²) < 4.78 is 5.44. The van der Waals surface area contributed by atoms with Crippen molar-refractivity contribution in [3.05, 3.63) is 27.7 Å². The van der Waals surface area contributed by atoms with E-state index in [-0.39, 0.29) is 13.0 Å². The van der Waals surface area contributed by atoms with Crippen molar-refractivity contribution >= 4 is 45.2 Å². The number of urea groups is 1. The minimum atomic E-state index is -1.12. The summed E-state index contributed by atoms with van der Waals surface area (Å²) in [6, 6.07) is 3.24. The third kappa shape index (κ3) is 5.36. The molecule has 110 valence electrons. The number of ether oxygens (including phenoxy) is 1. The molecule has 0 aromatic heterocycles. The lowest BCUT2D eigenvalue weighted by Gasteiger charge is -2.15. The first-order valence-electron chi connectivity index (χ1n) is 5.68. The van der Waals surface area contributed by atoms with Crippen LogP contribution in [0.4, 0.5) is 10.5 Å². The second kappa shape index (κ2) is 8.08. The molecule has 6 nitrogen and oxygen atoms in total. The molecule has 0 bridgehead atoms. The number of benzene rings is 1. The summed E-state index contributed by atoms with van der Waals surface area (Å²) in [7, 11) is 1.46. The summed E-state index contributed by atoms with van der Waals surface area (Å²) in [6.07, 6.45) is 0.177. The van der Waals surface area contributed by atoms with Crippen LogP contribution in [0.3, 0.4) is 0 Å². The van der Waals surface area contributed by atoms with Gasteiger partial charge in [0, 0.05) is 29.6 Å². The van der Waals surface area contributed by atoms with Crippen LogP contribution in [0.1, 0.15) is 6.42 Å². The Morgan fingerprint density at radius 2 is 2.20 bits per heavy atom. The predicted molar refractivity (Wildman–Crippen MR) is 79.2 cm³/mol. The Morgan fingerprint density at radius 3 is 2.80 bits per heavy atom. The Morgan fingerprint density at radius 1 is 1.50 bits per heavy atom. The molecule has 0 heterocycles. The molecule has 3 N–H and O–H groups in total. The minimum Gasteiger partial charge on any atom is -0.480 e. The topological polar surface area (TPSA) is 87.7 Å². The van der Waals surface area contributed by atoms with E-state index in [1.165, 1.54) is 7.11 Å². The first-order valence-corrected chi connectivity index (χ1v) is 6.85. The van der Waals surface area contributed by atoms with Crippen LogP contribution in [-0.2, 0) is 9.53 Å². The lowest BCUT2D eigenvalue weighted by atomic mass is 10.2. The number of anilines is 1.